The van der Waals surface area contributed by atoms with Crippen LogP contribution in [0, 0.1) is 0 Å². The predicted molar refractivity (Wildman–Crippen MR) is 130 cm³/mol. The van der Waals surface area contributed by atoms with Gasteiger partial charge in [0, 0.05) is 55.6 Å². The van der Waals surface area contributed by atoms with Crippen molar-refractivity contribution >= 4 is 27.4 Å². The van der Waals surface area contributed by atoms with Gasteiger partial charge in [-0.2, -0.15) is 12.5 Å². The van der Waals surface area contributed by atoms with Crippen molar-refractivity contribution in [2.75, 3.05) is 36.9 Å². The number of hydrogen-bond donors (Lipinski definition) is 2. The smallest absolute Gasteiger partial charge is 0.283 e. The number of fused-ring (bicyclic) bond motifs is 1. The lowest BCUT2D eigenvalue weighted by Gasteiger charge is -2.39. The second-order valence-corrected chi connectivity index (χ2v) is 10.6. The van der Waals surface area contributed by atoms with Crippen molar-refractivity contribution in [1.82, 2.24) is 19.4 Å². The molecule has 5 rings (SSSR count). The highest BCUT2D eigenvalue weighted by atomic mass is 32.2. The third-order valence-electron chi connectivity index (χ3n) is 6.61. The van der Waals surface area contributed by atoms with E-state index in [9.17, 15) is 13.2 Å². The summed E-state index contributed by atoms with van der Waals surface area (Å²) < 4.78 is 27.3. The number of hydrogen-bond acceptors (Lipinski definition) is 7. The number of nitrogens with zero attached hydrogens (tertiary/aromatic N) is 4. The molecule has 1 saturated heterocycles. The highest BCUT2D eigenvalue weighted by Crippen LogP contribution is 2.28. The SMILES string of the molecule is CC1CN(c2ccc(C(=O)Nc3nn(S(=O)(=O)c4ccccc4)c4c3CNC4)cc2)CCN1C. The molecule has 0 saturated carbocycles. The normalized spacial score (nSPS) is 18.6. The molecule has 0 bridgehead atoms. The number of aromatic nitrogens is 2. The highest BCUT2D eigenvalue weighted by Gasteiger charge is 2.30. The standard InChI is InChI=1S/C24H28N6O3S/c1-17-16-29(13-12-28(17)2)19-10-8-18(9-11-19)24(31)26-23-21-14-25-15-22(21)30(27-23)34(32,33)20-6-4-3-5-7-20/h3-11,17,25H,12-16H2,1-2H3,(H,26,27,31). The fourth-order valence-corrected chi connectivity index (χ4v) is 5.76. The van der Waals surface area contributed by atoms with Crippen molar-refractivity contribution in [3.8, 4) is 0 Å². The number of likely N-dealkylation sites (N-methyl/N-ethyl adjacent to an activating group) is 1. The minimum Gasteiger partial charge on any atom is -0.369 e. The fraction of sp³-hybridized carbons (Fsp3) is 0.333. The summed E-state index contributed by atoms with van der Waals surface area (Å²) in [6, 6.07) is 16.1. The van der Waals surface area contributed by atoms with Crippen LogP contribution in [0.15, 0.2) is 59.5 Å². The van der Waals surface area contributed by atoms with Gasteiger partial charge >= 0.3 is 0 Å². The Morgan fingerprint density at radius 3 is 2.50 bits per heavy atom. The molecular formula is C24H28N6O3S. The summed E-state index contributed by atoms with van der Waals surface area (Å²) in [5.74, 6) is -0.0590. The van der Waals surface area contributed by atoms with Crippen LogP contribution in [-0.2, 0) is 23.1 Å². The van der Waals surface area contributed by atoms with Crippen LogP contribution in [0.2, 0.25) is 0 Å². The molecule has 3 heterocycles. The van der Waals surface area contributed by atoms with Gasteiger partial charge in [-0.15, -0.1) is 5.10 Å². The second kappa shape index (κ2) is 8.86. The van der Waals surface area contributed by atoms with E-state index in [1.165, 1.54) is 12.1 Å². The Balaban J connectivity index is 1.36. The van der Waals surface area contributed by atoms with E-state index in [0.29, 0.717) is 36.0 Å². The van der Waals surface area contributed by atoms with E-state index in [-0.39, 0.29) is 16.6 Å². The van der Waals surface area contributed by atoms with Gasteiger partial charge in [0.1, 0.15) is 0 Å². The van der Waals surface area contributed by atoms with Crippen molar-refractivity contribution in [1.29, 1.82) is 0 Å². The van der Waals surface area contributed by atoms with E-state index in [4.69, 9.17) is 0 Å². The van der Waals surface area contributed by atoms with E-state index < -0.39 is 10.0 Å². The quantitative estimate of drug-likeness (QED) is 0.577. The first-order valence-corrected chi connectivity index (χ1v) is 12.8. The van der Waals surface area contributed by atoms with Crippen LogP contribution < -0.4 is 15.5 Å². The molecule has 2 N–H and O–H groups in total. The second-order valence-electron chi connectivity index (χ2n) is 8.82. The lowest BCUT2D eigenvalue weighted by atomic mass is 10.1. The van der Waals surface area contributed by atoms with Crippen LogP contribution in [0.3, 0.4) is 0 Å². The van der Waals surface area contributed by atoms with Crippen molar-refractivity contribution in [3.63, 3.8) is 0 Å². The molecule has 1 atom stereocenters. The molecule has 3 aromatic rings. The van der Waals surface area contributed by atoms with Gasteiger partial charge in [0.05, 0.1) is 10.6 Å². The van der Waals surface area contributed by atoms with Gasteiger partial charge < -0.3 is 20.4 Å². The molecule has 10 heteroatoms. The molecule has 1 amide bonds. The van der Waals surface area contributed by atoms with Crippen molar-refractivity contribution in [3.05, 3.63) is 71.4 Å². The van der Waals surface area contributed by atoms with Crippen molar-refractivity contribution in [2.24, 2.45) is 0 Å². The third-order valence-corrected chi connectivity index (χ3v) is 8.23. The zero-order valence-electron chi connectivity index (χ0n) is 19.2. The Hall–Kier alpha value is -3.21. The van der Waals surface area contributed by atoms with E-state index in [1.807, 2.05) is 12.1 Å². The summed E-state index contributed by atoms with van der Waals surface area (Å²) in [6.07, 6.45) is 0. The Labute approximate surface area is 199 Å². The summed E-state index contributed by atoms with van der Waals surface area (Å²) in [7, 11) is -1.73. The van der Waals surface area contributed by atoms with E-state index in [2.05, 4.69) is 39.5 Å². The zero-order valence-corrected chi connectivity index (χ0v) is 20.0. The summed E-state index contributed by atoms with van der Waals surface area (Å²) in [6.45, 7) is 5.89. The van der Waals surface area contributed by atoms with E-state index in [0.717, 1.165) is 29.4 Å². The van der Waals surface area contributed by atoms with Crippen LogP contribution in [0.1, 0.15) is 28.5 Å². The Morgan fingerprint density at radius 1 is 1.06 bits per heavy atom. The molecule has 2 aromatic carbocycles. The van der Waals surface area contributed by atoms with E-state index >= 15 is 0 Å². The maximum Gasteiger partial charge on any atom is 0.283 e. The number of nitrogens with one attached hydrogen (secondary N) is 2. The maximum atomic E-state index is 13.1. The number of carbonyl (C=O) groups is 1. The molecule has 0 radical (unpaired) electrons. The van der Waals surface area contributed by atoms with Gasteiger partial charge in [-0.3, -0.25) is 4.79 Å². The number of benzene rings is 2. The van der Waals surface area contributed by atoms with Crippen LogP contribution in [0.5, 0.6) is 0 Å². The number of amides is 1. The number of piperazine rings is 1. The molecule has 0 aliphatic carbocycles. The lowest BCUT2D eigenvalue weighted by molar-refractivity contribution is 0.102. The van der Waals surface area contributed by atoms with Crippen LogP contribution in [0.25, 0.3) is 0 Å². The van der Waals surface area contributed by atoms with Gasteiger partial charge in [-0.1, -0.05) is 18.2 Å². The Bertz CT molecular complexity index is 1300. The van der Waals surface area contributed by atoms with Gasteiger partial charge in [0.25, 0.3) is 15.9 Å². The average molecular weight is 481 g/mol. The summed E-state index contributed by atoms with van der Waals surface area (Å²) in [4.78, 5) is 17.8. The summed E-state index contributed by atoms with van der Waals surface area (Å²) in [5.41, 5.74) is 2.81. The molecule has 178 valence electrons. The first kappa shape index (κ1) is 22.6. The number of anilines is 2. The predicted octanol–water partition coefficient (Wildman–Crippen LogP) is 2.12. The Kier molecular flexibility index (Phi) is 5.88. The lowest BCUT2D eigenvalue weighted by Crippen LogP contribution is -2.50. The molecule has 2 aliphatic heterocycles. The number of carbonyl (C=O) groups excluding carboxylic acids is 1. The van der Waals surface area contributed by atoms with Crippen LogP contribution in [0.4, 0.5) is 11.5 Å². The van der Waals surface area contributed by atoms with Gasteiger partial charge in [0.2, 0.25) is 0 Å². The highest BCUT2D eigenvalue weighted by molar-refractivity contribution is 7.89. The zero-order chi connectivity index (χ0) is 23.9. The van der Waals surface area contributed by atoms with Crippen molar-refractivity contribution < 1.29 is 13.2 Å². The topological polar surface area (TPSA) is 99.6 Å². The van der Waals surface area contributed by atoms with Gasteiger partial charge in [-0.25, -0.2) is 0 Å². The van der Waals surface area contributed by atoms with Crippen LogP contribution >= 0.6 is 0 Å². The molecule has 2 aliphatic rings. The summed E-state index contributed by atoms with van der Waals surface area (Å²) in [5, 5.41) is 10.3. The maximum absolute atomic E-state index is 13.1. The largest absolute Gasteiger partial charge is 0.369 e. The molecule has 9 nitrogen and oxygen atoms in total. The monoisotopic (exact) mass is 480 g/mol. The molecule has 1 fully saturated rings. The minimum absolute atomic E-state index is 0.152. The van der Waals surface area contributed by atoms with Gasteiger partial charge in [-0.05, 0) is 50.4 Å². The van der Waals surface area contributed by atoms with Crippen molar-refractivity contribution in [2.45, 2.75) is 31.0 Å². The minimum atomic E-state index is -3.87. The number of rotatable bonds is 5. The summed E-state index contributed by atoms with van der Waals surface area (Å²) >= 11 is 0. The molecule has 1 unspecified atom stereocenters. The molecule has 34 heavy (non-hydrogen) atoms. The third kappa shape index (κ3) is 4.08. The van der Waals surface area contributed by atoms with Gasteiger partial charge in [0.15, 0.2) is 5.82 Å². The molecule has 1 aromatic heterocycles. The Morgan fingerprint density at radius 2 is 1.79 bits per heavy atom. The molecular weight excluding hydrogens is 452 g/mol. The first-order chi connectivity index (χ1) is 16.3. The first-order valence-electron chi connectivity index (χ1n) is 11.3. The average Bonchev–Trinajstić information content (AvgIpc) is 3.45. The molecule has 0 spiro atoms. The van der Waals surface area contributed by atoms with E-state index in [1.54, 1.807) is 30.3 Å². The fourth-order valence-electron chi connectivity index (χ4n) is 4.41. The van der Waals surface area contributed by atoms with Crippen LogP contribution in [-0.4, -0.2) is 61.1 Å².